The summed E-state index contributed by atoms with van der Waals surface area (Å²) in [5, 5.41) is 5.97. The number of amides is 2. The molecular weight excluding hydrogens is 1060 g/mol. The zero-order valence-electron chi connectivity index (χ0n) is 49.5. The van der Waals surface area contributed by atoms with Gasteiger partial charge >= 0.3 is 0 Å². The number of nitrogens with one attached hydrogen (secondary N) is 1. The van der Waals surface area contributed by atoms with Crippen LogP contribution >= 0.6 is 15.9 Å². The quantitative estimate of drug-likeness (QED) is 0.0559. The standard InChI is InChI=1S/C33H44N6O.C30H42BrN5O2.C2H6/c1-3-5-23-38(24-6-4-2)32(40)30-19-18-29-31(34-30)39(25-13-22-37-20-10-7-11-21-37)33(36-29)35-28-17-12-15-26-14-8-9-16-27(26)28;1-4-6-19-35(20-7-5-2)30(37)26-14-13-25-29(33-26)36(21-11-18-34-16-9-8-10-17-34)28(32-25)24-22-23(31)12-15-27(24)38-3;1-2/h8-9,12,14-19H,3-7,10-11,13,20-25H2,1-2H3,(H,35,36);12-15,22H,4-11,16-21H2,1-3H3;1-2H3. The molecule has 80 heavy (non-hydrogen) atoms. The molecule has 0 radical (unpaired) electrons. The number of piperidine rings is 2. The van der Waals surface area contributed by atoms with Crippen LogP contribution in [0.4, 0.5) is 11.6 Å². The van der Waals surface area contributed by atoms with Gasteiger partial charge in [-0.05, 0) is 157 Å². The number of hydrogen-bond donors (Lipinski definition) is 1. The van der Waals surface area contributed by atoms with Gasteiger partial charge in [-0.25, -0.2) is 19.9 Å². The predicted octanol–water partition coefficient (Wildman–Crippen LogP) is 15.1. The van der Waals surface area contributed by atoms with Gasteiger partial charge in [0.15, 0.2) is 11.3 Å². The molecule has 0 unspecified atom stereocenters. The van der Waals surface area contributed by atoms with Gasteiger partial charge in [-0.2, -0.15) is 0 Å². The molecule has 6 heterocycles. The van der Waals surface area contributed by atoms with Gasteiger partial charge < -0.3 is 34.2 Å². The number of fused-ring (bicyclic) bond motifs is 3. The van der Waals surface area contributed by atoms with Crippen molar-refractivity contribution in [3.63, 3.8) is 0 Å². The fraction of sp³-hybridized carbons (Fsp3) is 0.538. The molecule has 2 fully saturated rings. The van der Waals surface area contributed by atoms with Crippen LogP contribution < -0.4 is 10.1 Å². The van der Waals surface area contributed by atoms with E-state index in [0.29, 0.717) is 11.4 Å². The molecule has 432 valence electrons. The van der Waals surface area contributed by atoms with E-state index in [1.165, 1.54) is 70.1 Å². The Balaban J connectivity index is 0.000000225. The van der Waals surface area contributed by atoms with Gasteiger partial charge in [-0.1, -0.05) is 132 Å². The summed E-state index contributed by atoms with van der Waals surface area (Å²) >= 11 is 3.62. The fourth-order valence-corrected chi connectivity index (χ4v) is 11.3. The summed E-state index contributed by atoms with van der Waals surface area (Å²) in [5.41, 5.74) is 6.08. The summed E-state index contributed by atoms with van der Waals surface area (Å²) in [7, 11) is 1.69. The Labute approximate surface area is 486 Å². The van der Waals surface area contributed by atoms with Crippen molar-refractivity contribution in [2.24, 2.45) is 0 Å². The van der Waals surface area contributed by atoms with Crippen LogP contribution in [-0.2, 0) is 13.1 Å². The smallest absolute Gasteiger partial charge is 0.272 e. The van der Waals surface area contributed by atoms with Gasteiger partial charge in [0, 0.05) is 54.8 Å². The van der Waals surface area contributed by atoms with E-state index in [1.807, 2.05) is 66.1 Å². The second-order valence-electron chi connectivity index (χ2n) is 21.3. The summed E-state index contributed by atoms with van der Waals surface area (Å²) in [6.45, 7) is 24.2. The van der Waals surface area contributed by atoms with Crippen LogP contribution in [0.3, 0.4) is 0 Å². The number of rotatable bonds is 26. The number of unbranched alkanes of at least 4 members (excludes halogenated alkanes) is 4. The molecule has 4 aromatic heterocycles. The molecule has 2 amide bonds. The number of hydrogen-bond acceptors (Lipinski definition) is 10. The number of nitrogens with zero attached hydrogens (tertiary/aromatic N) is 10. The normalized spacial score (nSPS) is 13.9. The predicted molar refractivity (Wildman–Crippen MR) is 335 cm³/mol. The van der Waals surface area contributed by atoms with Crippen molar-refractivity contribution in [1.82, 2.24) is 48.7 Å². The van der Waals surface area contributed by atoms with E-state index in [4.69, 9.17) is 24.7 Å². The van der Waals surface area contributed by atoms with Gasteiger partial charge in [-0.3, -0.25) is 14.2 Å². The van der Waals surface area contributed by atoms with E-state index in [0.717, 1.165) is 178 Å². The number of carbonyl (C=O) groups is 2. The number of aromatic nitrogens is 6. The van der Waals surface area contributed by atoms with Crippen LogP contribution in [0.15, 0.2) is 89.4 Å². The van der Waals surface area contributed by atoms with Crippen molar-refractivity contribution >= 4 is 72.5 Å². The number of anilines is 2. The number of ether oxygens (including phenoxy) is 1. The largest absolute Gasteiger partial charge is 0.496 e. The number of methoxy groups -OCH3 is 1. The highest BCUT2D eigenvalue weighted by molar-refractivity contribution is 9.10. The van der Waals surface area contributed by atoms with Gasteiger partial charge in [0.05, 0.1) is 12.7 Å². The van der Waals surface area contributed by atoms with Gasteiger partial charge in [-0.15, -0.1) is 0 Å². The van der Waals surface area contributed by atoms with Crippen molar-refractivity contribution in [3.05, 3.63) is 101 Å². The lowest BCUT2D eigenvalue weighted by Crippen LogP contribution is -2.33. The van der Waals surface area contributed by atoms with E-state index < -0.39 is 0 Å². The highest BCUT2D eigenvalue weighted by Gasteiger charge is 2.24. The minimum absolute atomic E-state index is 0.0106. The van der Waals surface area contributed by atoms with Crippen molar-refractivity contribution in [2.45, 2.75) is 157 Å². The summed E-state index contributed by atoms with van der Waals surface area (Å²) in [5.74, 6) is 2.39. The van der Waals surface area contributed by atoms with Gasteiger partial charge in [0.25, 0.3) is 11.8 Å². The maximum Gasteiger partial charge on any atom is 0.272 e. The van der Waals surface area contributed by atoms with E-state index in [-0.39, 0.29) is 11.8 Å². The molecule has 0 bridgehead atoms. The molecule has 0 spiro atoms. The Bertz CT molecular complexity index is 2990. The monoisotopic (exact) mass is 1150 g/mol. The topological polar surface area (TPSA) is 130 Å². The third-order valence-corrected chi connectivity index (χ3v) is 15.9. The average molecular weight is 1160 g/mol. The average Bonchev–Trinajstić information content (AvgIpc) is 4.05. The van der Waals surface area contributed by atoms with Crippen LogP contribution in [0.25, 0.3) is 44.5 Å². The zero-order chi connectivity index (χ0) is 56.6. The number of pyridine rings is 2. The zero-order valence-corrected chi connectivity index (χ0v) is 51.0. The van der Waals surface area contributed by atoms with Crippen molar-refractivity contribution < 1.29 is 14.3 Å². The molecular formula is C65H92BrN11O3. The lowest BCUT2D eigenvalue weighted by atomic mass is 10.1. The Morgan fingerprint density at radius 1 is 0.562 bits per heavy atom. The molecule has 7 aromatic rings. The Hall–Kier alpha value is -5.90. The Morgan fingerprint density at radius 3 is 1.60 bits per heavy atom. The SMILES string of the molecule is CC.CCCCN(CCCC)C(=O)c1ccc2nc(-c3cc(Br)ccc3OC)n(CCCN3CCCCC3)c2n1.CCCCN(CCCC)C(=O)c1ccc2nc(Nc3cccc4ccccc34)n(CCCN3CCCCC3)c2n1. The number of halogens is 1. The lowest BCUT2D eigenvalue weighted by molar-refractivity contribution is 0.0738. The Kier molecular flexibility index (Phi) is 25.1. The van der Waals surface area contributed by atoms with Crippen LogP contribution in [-0.4, -0.2) is 133 Å². The van der Waals surface area contributed by atoms with Crippen LogP contribution in [0.2, 0.25) is 0 Å². The molecule has 9 rings (SSSR count). The molecule has 15 heteroatoms. The van der Waals surface area contributed by atoms with E-state index in [9.17, 15) is 9.59 Å². The second-order valence-corrected chi connectivity index (χ2v) is 22.2. The highest BCUT2D eigenvalue weighted by Crippen LogP contribution is 2.35. The third-order valence-electron chi connectivity index (χ3n) is 15.4. The number of likely N-dealkylation sites (tertiary alicyclic amines) is 2. The number of benzene rings is 3. The lowest BCUT2D eigenvalue weighted by Gasteiger charge is -2.26. The molecule has 2 aliphatic heterocycles. The minimum Gasteiger partial charge on any atom is -0.496 e. The van der Waals surface area contributed by atoms with E-state index in [2.05, 4.69) is 110 Å². The molecule has 2 aliphatic rings. The molecule has 14 nitrogen and oxygen atoms in total. The van der Waals surface area contributed by atoms with Gasteiger partial charge in [0.1, 0.15) is 34.0 Å². The first kappa shape index (κ1) is 61.7. The molecule has 3 aromatic carbocycles. The van der Waals surface area contributed by atoms with Crippen LogP contribution in [0.1, 0.15) is 165 Å². The summed E-state index contributed by atoms with van der Waals surface area (Å²) in [6.07, 6.45) is 18.1. The second kappa shape index (κ2) is 32.5. The molecule has 0 saturated carbocycles. The molecule has 2 saturated heterocycles. The van der Waals surface area contributed by atoms with Gasteiger partial charge in [0.2, 0.25) is 5.95 Å². The number of carbonyl (C=O) groups excluding carboxylic acids is 2. The van der Waals surface area contributed by atoms with E-state index >= 15 is 0 Å². The third kappa shape index (κ3) is 16.6. The maximum atomic E-state index is 13.6. The first-order valence-corrected chi connectivity index (χ1v) is 31.4. The molecule has 0 aliphatic carbocycles. The van der Waals surface area contributed by atoms with Crippen molar-refractivity contribution in [1.29, 1.82) is 0 Å². The van der Waals surface area contributed by atoms with Crippen LogP contribution in [0, 0.1) is 0 Å². The first-order chi connectivity index (χ1) is 39.2. The highest BCUT2D eigenvalue weighted by atomic mass is 79.9. The van der Waals surface area contributed by atoms with E-state index in [1.54, 1.807) is 7.11 Å². The summed E-state index contributed by atoms with van der Waals surface area (Å²) < 4.78 is 11.0. The number of aryl methyl sites for hydroxylation is 2. The Morgan fingerprint density at radius 2 is 1.06 bits per heavy atom. The fourth-order valence-electron chi connectivity index (χ4n) is 10.9. The summed E-state index contributed by atoms with van der Waals surface area (Å²) in [6, 6.07) is 28.3. The summed E-state index contributed by atoms with van der Waals surface area (Å²) in [4.78, 5) is 56.1. The van der Waals surface area contributed by atoms with Crippen molar-refractivity contribution in [2.75, 3.05) is 77.9 Å². The first-order valence-electron chi connectivity index (χ1n) is 30.6. The number of imidazole rings is 2. The minimum atomic E-state index is 0.0106. The molecule has 1 N–H and O–H groups in total. The maximum absolute atomic E-state index is 13.6. The van der Waals surface area contributed by atoms with Crippen LogP contribution in [0.5, 0.6) is 5.75 Å². The molecule has 0 atom stereocenters. The van der Waals surface area contributed by atoms with Crippen molar-refractivity contribution in [3.8, 4) is 17.1 Å².